The highest BCUT2D eigenvalue weighted by atomic mass is 35.5. The van der Waals surface area contributed by atoms with Gasteiger partial charge in [0.15, 0.2) is 6.04 Å². The molecule has 0 aliphatic heterocycles. The summed E-state index contributed by atoms with van der Waals surface area (Å²) in [7, 11) is 0. The summed E-state index contributed by atoms with van der Waals surface area (Å²) in [4.78, 5) is 23.3. The number of rotatable bonds is 7. The van der Waals surface area contributed by atoms with E-state index in [9.17, 15) is 9.59 Å². The first-order chi connectivity index (χ1) is 9.58. The molecule has 0 aromatic heterocycles. The van der Waals surface area contributed by atoms with E-state index in [4.69, 9.17) is 15.6 Å². The summed E-state index contributed by atoms with van der Waals surface area (Å²) in [6, 6.07) is 7.44. The second kappa shape index (κ2) is 10.1. The minimum Gasteiger partial charge on any atom is -0.464 e. The number of hydrogen-bond acceptors (Lipinski definition) is 5. The van der Waals surface area contributed by atoms with Crippen LogP contribution in [0.25, 0.3) is 0 Å². The van der Waals surface area contributed by atoms with Crippen LogP contribution in [0.4, 0.5) is 0 Å². The van der Waals surface area contributed by atoms with Crippen molar-refractivity contribution >= 4 is 24.3 Å². The van der Waals surface area contributed by atoms with E-state index in [2.05, 4.69) is 5.32 Å². The van der Waals surface area contributed by atoms with Crippen molar-refractivity contribution < 1.29 is 19.4 Å². The zero-order chi connectivity index (χ0) is 15.0. The Morgan fingerprint density at radius 2 is 1.95 bits per heavy atom. The molecule has 0 radical (unpaired) electrons. The molecule has 0 saturated carbocycles. The van der Waals surface area contributed by atoms with Crippen LogP contribution in [0, 0.1) is 0 Å². The molecule has 0 spiro atoms. The standard InChI is InChI=1S/C14H20N2O4.ClH/c1-2-20-14(19)12(9-17)16-13(18)11(15)8-10-6-4-3-5-7-10;/h3-7,11-12,17H,2,8-9,15H2,1H3,(H,16,18);1H/t11-,12-;/m0./s1. The maximum absolute atomic E-state index is 11.9. The molecule has 1 amide bonds. The fraction of sp³-hybridized carbons (Fsp3) is 0.429. The summed E-state index contributed by atoms with van der Waals surface area (Å²) in [5, 5.41) is 11.5. The maximum atomic E-state index is 11.9. The molecule has 1 aromatic carbocycles. The Kier molecular flexibility index (Phi) is 9.36. The monoisotopic (exact) mass is 316 g/mol. The highest BCUT2D eigenvalue weighted by Gasteiger charge is 2.24. The van der Waals surface area contributed by atoms with Gasteiger partial charge in [0.2, 0.25) is 5.91 Å². The molecule has 1 rings (SSSR count). The van der Waals surface area contributed by atoms with Crippen molar-refractivity contribution in [1.82, 2.24) is 5.32 Å². The van der Waals surface area contributed by atoms with Crippen LogP contribution in [0.5, 0.6) is 0 Å². The van der Waals surface area contributed by atoms with Crippen molar-refractivity contribution in [3.05, 3.63) is 35.9 Å². The fourth-order valence-corrected chi connectivity index (χ4v) is 1.66. The Hall–Kier alpha value is -1.63. The summed E-state index contributed by atoms with van der Waals surface area (Å²) >= 11 is 0. The van der Waals surface area contributed by atoms with Crippen LogP contribution in [-0.2, 0) is 20.7 Å². The summed E-state index contributed by atoms with van der Waals surface area (Å²) < 4.78 is 4.74. The quantitative estimate of drug-likeness (QED) is 0.615. The molecule has 7 heteroatoms. The number of ether oxygens (including phenoxy) is 1. The Balaban J connectivity index is 0.00000400. The van der Waals surface area contributed by atoms with Crippen molar-refractivity contribution in [3.63, 3.8) is 0 Å². The Morgan fingerprint density at radius 3 is 2.48 bits per heavy atom. The van der Waals surface area contributed by atoms with Crippen LogP contribution in [0.3, 0.4) is 0 Å². The average molecular weight is 317 g/mol. The maximum Gasteiger partial charge on any atom is 0.331 e. The van der Waals surface area contributed by atoms with Crippen molar-refractivity contribution in [1.29, 1.82) is 0 Å². The molecule has 0 heterocycles. The second-order valence-corrected chi connectivity index (χ2v) is 4.29. The largest absolute Gasteiger partial charge is 0.464 e. The van der Waals surface area contributed by atoms with E-state index >= 15 is 0 Å². The number of nitrogens with two attached hydrogens (primary N) is 1. The smallest absolute Gasteiger partial charge is 0.331 e. The number of amides is 1. The number of aliphatic hydroxyl groups excluding tert-OH is 1. The predicted octanol–water partition coefficient (Wildman–Crippen LogP) is 0.0184. The van der Waals surface area contributed by atoms with Gasteiger partial charge in [0.1, 0.15) is 0 Å². The van der Waals surface area contributed by atoms with E-state index in [0.29, 0.717) is 6.42 Å². The van der Waals surface area contributed by atoms with Gasteiger partial charge < -0.3 is 20.9 Å². The van der Waals surface area contributed by atoms with Crippen molar-refractivity contribution in [2.24, 2.45) is 5.73 Å². The molecule has 21 heavy (non-hydrogen) atoms. The van der Waals surface area contributed by atoms with E-state index in [0.717, 1.165) is 5.56 Å². The van der Waals surface area contributed by atoms with Crippen LogP contribution in [0.15, 0.2) is 30.3 Å². The molecular formula is C14H21ClN2O4. The predicted molar refractivity (Wildman–Crippen MR) is 81.0 cm³/mol. The Morgan fingerprint density at radius 1 is 1.33 bits per heavy atom. The summed E-state index contributed by atoms with van der Waals surface area (Å²) in [5.74, 6) is -1.17. The molecule has 0 bridgehead atoms. The van der Waals surface area contributed by atoms with Gasteiger partial charge in [-0.2, -0.15) is 0 Å². The summed E-state index contributed by atoms with van der Waals surface area (Å²) in [6.45, 7) is 1.30. The van der Waals surface area contributed by atoms with Gasteiger partial charge in [-0.05, 0) is 18.9 Å². The lowest BCUT2D eigenvalue weighted by molar-refractivity contribution is -0.148. The van der Waals surface area contributed by atoms with Gasteiger partial charge >= 0.3 is 5.97 Å². The number of hydrogen-bond donors (Lipinski definition) is 3. The van der Waals surface area contributed by atoms with Gasteiger partial charge in [-0.1, -0.05) is 30.3 Å². The first-order valence-electron chi connectivity index (χ1n) is 6.45. The molecule has 0 aliphatic rings. The van der Waals surface area contributed by atoms with E-state index < -0.39 is 30.6 Å². The van der Waals surface area contributed by atoms with Crippen LogP contribution < -0.4 is 11.1 Å². The normalized spacial score (nSPS) is 12.7. The minimum absolute atomic E-state index is 0. The zero-order valence-electron chi connectivity index (χ0n) is 11.8. The zero-order valence-corrected chi connectivity index (χ0v) is 12.6. The molecule has 1 aromatic rings. The highest BCUT2D eigenvalue weighted by molar-refractivity contribution is 5.87. The van der Waals surface area contributed by atoms with Crippen molar-refractivity contribution in [3.8, 4) is 0 Å². The number of aliphatic hydroxyl groups is 1. The van der Waals surface area contributed by atoms with Gasteiger partial charge in [0.25, 0.3) is 0 Å². The topological polar surface area (TPSA) is 102 Å². The van der Waals surface area contributed by atoms with Crippen molar-refractivity contribution in [2.75, 3.05) is 13.2 Å². The van der Waals surface area contributed by atoms with E-state index in [-0.39, 0.29) is 19.0 Å². The number of nitrogens with one attached hydrogen (secondary N) is 1. The summed E-state index contributed by atoms with van der Waals surface area (Å²) in [5.41, 5.74) is 6.70. The van der Waals surface area contributed by atoms with Gasteiger partial charge in [-0.15, -0.1) is 12.4 Å². The molecular weight excluding hydrogens is 296 g/mol. The molecule has 0 unspecified atom stereocenters. The van der Waals surface area contributed by atoms with Crippen LogP contribution in [-0.4, -0.2) is 42.3 Å². The summed E-state index contributed by atoms with van der Waals surface area (Å²) in [6.07, 6.45) is 0.355. The third kappa shape index (κ3) is 6.57. The molecule has 2 atom stereocenters. The Labute approximate surface area is 130 Å². The van der Waals surface area contributed by atoms with Gasteiger partial charge in [0.05, 0.1) is 19.3 Å². The highest BCUT2D eigenvalue weighted by Crippen LogP contribution is 2.02. The number of carbonyl (C=O) groups is 2. The lowest BCUT2D eigenvalue weighted by Crippen LogP contribution is -2.51. The van der Waals surface area contributed by atoms with Crippen LogP contribution in [0.1, 0.15) is 12.5 Å². The fourth-order valence-electron chi connectivity index (χ4n) is 1.66. The minimum atomic E-state index is -1.08. The van der Waals surface area contributed by atoms with E-state index in [1.165, 1.54) is 0 Å². The van der Waals surface area contributed by atoms with Crippen molar-refractivity contribution in [2.45, 2.75) is 25.4 Å². The SMILES string of the molecule is CCOC(=O)[C@H](CO)NC(=O)[C@@H](N)Cc1ccccc1.Cl. The van der Waals surface area contributed by atoms with E-state index in [1.54, 1.807) is 6.92 Å². The molecule has 0 aliphatic carbocycles. The Bertz CT molecular complexity index is 442. The van der Waals surface area contributed by atoms with E-state index in [1.807, 2.05) is 30.3 Å². The van der Waals surface area contributed by atoms with Gasteiger partial charge in [-0.3, -0.25) is 4.79 Å². The second-order valence-electron chi connectivity index (χ2n) is 4.29. The van der Waals surface area contributed by atoms with Crippen LogP contribution in [0.2, 0.25) is 0 Å². The number of carbonyl (C=O) groups excluding carboxylic acids is 2. The van der Waals surface area contributed by atoms with Gasteiger partial charge in [0, 0.05) is 0 Å². The molecule has 118 valence electrons. The number of esters is 1. The van der Waals surface area contributed by atoms with Crippen LogP contribution >= 0.6 is 12.4 Å². The lowest BCUT2D eigenvalue weighted by atomic mass is 10.1. The third-order valence-corrected chi connectivity index (χ3v) is 2.71. The number of halogens is 1. The average Bonchev–Trinajstić information content (AvgIpc) is 2.45. The molecule has 4 N–H and O–H groups in total. The third-order valence-electron chi connectivity index (χ3n) is 2.71. The molecule has 6 nitrogen and oxygen atoms in total. The van der Waals surface area contributed by atoms with Gasteiger partial charge in [-0.25, -0.2) is 4.79 Å². The number of benzene rings is 1. The molecule has 0 saturated heterocycles. The lowest BCUT2D eigenvalue weighted by Gasteiger charge is -2.18. The molecule has 0 fully saturated rings. The first-order valence-corrected chi connectivity index (χ1v) is 6.45. The first kappa shape index (κ1) is 19.4.